The predicted molar refractivity (Wildman–Crippen MR) is 73.5 cm³/mol. The predicted octanol–water partition coefficient (Wildman–Crippen LogP) is 1.79. The fraction of sp³-hybridized carbons (Fsp3) is 0.500. The second kappa shape index (κ2) is 6.43. The summed E-state index contributed by atoms with van der Waals surface area (Å²) in [6.07, 6.45) is -3.11. The Morgan fingerprint density at radius 3 is 2.65 bits per heavy atom. The molecule has 0 unspecified atom stereocenters. The van der Waals surface area contributed by atoms with Crippen LogP contribution in [0.3, 0.4) is 0 Å². The van der Waals surface area contributed by atoms with E-state index in [0.717, 1.165) is 10.5 Å². The first-order valence-corrected chi connectivity index (χ1v) is 6.93. The summed E-state index contributed by atoms with van der Waals surface area (Å²) in [5.41, 5.74) is 1.44. The Labute approximate surface area is 130 Å². The molecule has 2 amide bonds. The zero-order chi connectivity index (χ0) is 17.2. The minimum absolute atomic E-state index is 0.0659. The number of carbonyl (C=O) groups is 2. The largest absolute Gasteiger partial charge is 0.481 e. The lowest BCUT2D eigenvalue weighted by Crippen LogP contribution is -2.39. The molecule has 1 aromatic rings. The molecule has 0 spiro atoms. The number of aromatic nitrogens is 1. The molecule has 23 heavy (non-hydrogen) atoms. The van der Waals surface area contributed by atoms with Gasteiger partial charge in [0, 0.05) is 19.3 Å². The monoisotopic (exact) mass is 331 g/mol. The molecular formula is C14H16F3N3O3. The molecule has 1 aliphatic rings. The second-order valence-corrected chi connectivity index (χ2v) is 5.42. The Balaban J connectivity index is 2.01. The Morgan fingerprint density at radius 2 is 2.13 bits per heavy atom. The lowest BCUT2D eigenvalue weighted by atomic mass is 9.96. The van der Waals surface area contributed by atoms with E-state index >= 15 is 0 Å². The first-order chi connectivity index (χ1) is 10.7. The first kappa shape index (κ1) is 17.0. The summed E-state index contributed by atoms with van der Waals surface area (Å²) in [5.74, 6) is -5.25. The molecule has 1 saturated heterocycles. The molecule has 0 bridgehead atoms. The molecule has 0 saturated carbocycles. The lowest BCUT2D eigenvalue weighted by Gasteiger charge is -2.18. The summed E-state index contributed by atoms with van der Waals surface area (Å²) in [6, 6.07) is 2.80. The maximum Gasteiger partial charge on any atom is 0.394 e. The number of nitrogens with one attached hydrogen (secondary N) is 1. The van der Waals surface area contributed by atoms with Gasteiger partial charge < -0.3 is 15.3 Å². The van der Waals surface area contributed by atoms with Gasteiger partial charge >= 0.3 is 18.2 Å². The topological polar surface area (TPSA) is 82.5 Å². The van der Waals surface area contributed by atoms with Crippen molar-refractivity contribution in [3.8, 4) is 0 Å². The van der Waals surface area contributed by atoms with Crippen molar-refractivity contribution in [1.29, 1.82) is 0 Å². The third kappa shape index (κ3) is 3.91. The van der Waals surface area contributed by atoms with Gasteiger partial charge in [0.1, 0.15) is 0 Å². The number of hydrogen-bond donors (Lipinski definition) is 2. The number of alkyl halides is 3. The molecule has 0 aromatic carbocycles. The van der Waals surface area contributed by atoms with Crippen LogP contribution in [0.25, 0.3) is 0 Å². The number of carboxylic acids is 1. The average molecular weight is 331 g/mol. The smallest absolute Gasteiger partial charge is 0.394 e. The van der Waals surface area contributed by atoms with E-state index in [4.69, 9.17) is 5.11 Å². The summed E-state index contributed by atoms with van der Waals surface area (Å²) < 4.78 is 38.6. The van der Waals surface area contributed by atoms with Gasteiger partial charge in [-0.15, -0.1) is 0 Å². The molecule has 0 aliphatic carbocycles. The summed E-state index contributed by atoms with van der Waals surface area (Å²) >= 11 is 0. The zero-order valence-corrected chi connectivity index (χ0v) is 12.3. The van der Waals surface area contributed by atoms with Gasteiger partial charge in [-0.2, -0.15) is 13.2 Å². The molecule has 1 aromatic heterocycles. The maximum atomic E-state index is 12.9. The highest BCUT2D eigenvalue weighted by atomic mass is 19.4. The van der Waals surface area contributed by atoms with Gasteiger partial charge in [-0.3, -0.25) is 9.78 Å². The summed E-state index contributed by atoms with van der Waals surface area (Å²) in [7, 11) is 0. The number of aryl methyl sites for hydroxylation is 1. The number of rotatable bonds is 3. The maximum absolute atomic E-state index is 12.9. The molecular weight excluding hydrogens is 315 g/mol. The van der Waals surface area contributed by atoms with Crippen LogP contribution < -0.4 is 5.32 Å². The number of amides is 2. The highest BCUT2D eigenvalue weighted by Gasteiger charge is 2.53. The van der Waals surface area contributed by atoms with Gasteiger partial charge in [0.05, 0.1) is 24.1 Å². The molecule has 1 aliphatic heterocycles. The Kier molecular flexibility index (Phi) is 4.76. The van der Waals surface area contributed by atoms with Crippen molar-refractivity contribution in [1.82, 2.24) is 15.2 Å². The lowest BCUT2D eigenvalue weighted by molar-refractivity contribution is -0.187. The van der Waals surface area contributed by atoms with Gasteiger partial charge in [0.25, 0.3) is 0 Å². The van der Waals surface area contributed by atoms with Crippen molar-refractivity contribution in [2.24, 2.45) is 11.8 Å². The molecule has 1 fully saturated rings. The SMILES string of the molecule is Cc1cccnc1CNC(=O)N1C[C@@H](C(F)(F)F)[C@H](C(=O)O)C1. The van der Waals surface area contributed by atoms with Crippen LogP contribution in [0.4, 0.5) is 18.0 Å². The van der Waals surface area contributed by atoms with Crippen LogP contribution in [0.2, 0.25) is 0 Å². The fourth-order valence-electron chi connectivity index (χ4n) is 2.53. The normalized spacial score (nSPS) is 21.3. The van der Waals surface area contributed by atoms with Gasteiger partial charge in [0.2, 0.25) is 0 Å². The summed E-state index contributed by atoms with van der Waals surface area (Å²) in [6.45, 7) is 0.737. The minimum atomic E-state index is -4.66. The third-order valence-electron chi connectivity index (χ3n) is 3.87. The van der Waals surface area contributed by atoms with Gasteiger partial charge in [-0.25, -0.2) is 4.79 Å². The van der Waals surface area contributed by atoms with E-state index in [1.807, 2.05) is 0 Å². The highest BCUT2D eigenvalue weighted by molar-refractivity contribution is 5.77. The number of carboxylic acid groups (broad SMARTS) is 1. The molecule has 126 valence electrons. The van der Waals surface area contributed by atoms with Crippen LogP contribution >= 0.6 is 0 Å². The quantitative estimate of drug-likeness (QED) is 0.885. The molecule has 2 N–H and O–H groups in total. The van der Waals surface area contributed by atoms with Crippen molar-refractivity contribution >= 4 is 12.0 Å². The zero-order valence-electron chi connectivity index (χ0n) is 12.3. The first-order valence-electron chi connectivity index (χ1n) is 6.93. The van der Waals surface area contributed by atoms with Crippen molar-refractivity contribution in [2.45, 2.75) is 19.6 Å². The number of hydrogen-bond acceptors (Lipinski definition) is 3. The van der Waals surface area contributed by atoms with E-state index in [0.29, 0.717) is 5.69 Å². The van der Waals surface area contributed by atoms with E-state index in [-0.39, 0.29) is 6.54 Å². The van der Waals surface area contributed by atoms with E-state index in [2.05, 4.69) is 10.3 Å². The number of urea groups is 1. The van der Waals surface area contributed by atoms with E-state index in [1.54, 1.807) is 25.3 Å². The van der Waals surface area contributed by atoms with Crippen LogP contribution in [0.5, 0.6) is 0 Å². The standard InChI is InChI=1S/C14H16F3N3O3/c1-8-3-2-4-18-11(8)5-19-13(23)20-6-9(12(21)22)10(7-20)14(15,16)17/h2-4,9-10H,5-7H2,1H3,(H,19,23)(H,21,22)/t9-,10-/m1/s1. The Bertz CT molecular complexity index is 606. The van der Waals surface area contributed by atoms with E-state index < -0.39 is 43.1 Å². The average Bonchev–Trinajstić information content (AvgIpc) is 2.91. The summed E-state index contributed by atoms with van der Waals surface area (Å²) in [5, 5.41) is 11.4. The second-order valence-electron chi connectivity index (χ2n) is 5.42. The van der Waals surface area contributed by atoms with Crippen LogP contribution in [0, 0.1) is 18.8 Å². The molecule has 9 heteroatoms. The van der Waals surface area contributed by atoms with Crippen molar-refractivity contribution in [3.63, 3.8) is 0 Å². The van der Waals surface area contributed by atoms with Crippen molar-refractivity contribution in [2.75, 3.05) is 13.1 Å². The van der Waals surface area contributed by atoms with Crippen molar-refractivity contribution in [3.05, 3.63) is 29.6 Å². The van der Waals surface area contributed by atoms with Crippen LogP contribution in [0.1, 0.15) is 11.3 Å². The number of pyridine rings is 1. The molecule has 6 nitrogen and oxygen atoms in total. The Hall–Kier alpha value is -2.32. The third-order valence-corrected chi connectivity index (χ3v) is 3.87. The number of carbonyl (C=O) groups excluding carboxylic acids is 1. The van der Waals surface area contributed by atoms with Gasteiger partial charge in [-0.05, 0) is 18.6 Å². The van der Waals surface area contributed by atoms with E-state index in [9.17, 15) is 22.8 Å². The van der Waals surface area contributed by atoms with Crippen molar-refractivity contribution < 1.29 is 27.9 Å². The number of likely N-dealkylation sites (tertiary alicyclic amines) is 1. The molecule has 0 radical (unpaired) electrons. The number of nitrogens with zero attached hydrogens (tertiary/aromatic N) is 2. The highest BCUT2D eigenvalue weighted by Crippen LogP contribution is 2.37. The van der Waals surface area contributed by atoms with Gasteiger partial charge in [0.15, 0.2) is 0 Å². The molecule has 2 heterocycles. The summed E-state index contributed by atoms with van der Waals surface area (Å²) in [4.78, 5) is 27.9. The number of aliphatic carboxylic acids is 1. The van der Waals surface area contributed by atoms with Crippen LogP contribution in [-0.2, 0) is 11.3 Å². The van der Waals surface area contributed by atoms with Crippen LogP contribution in [0.15, 0.2) is 18.3 Å². The molecule has 2 atom stereocenters. The molecule has 2 rings (SSSR count). The minimum Gasteiger partial charge on any atom is -0.481 e. The van der Waals surface area contributed by atoms with Crippen LogP contribution in [-0.4, -0.2) is 46.3 Å². The van der Waals surface area contributed by atoms with Gasteiger partial charge in [-0.1, -0.05) is 6.07 Å². The number of halogens is 3. The Morgan fingerprint density at radius 1 is 1.43 bits per heavy atom. The fourth-order valence-corrected chi connectivity index (χ4v) is 2.53. The van der Waals surface area contributed by atoms with E-state index in [1.165, 1.54) is 0 Å².